The molecule has 5 heteroatoms. The molecule has 1 aromatic carbocycles. The molecule has 0 saturated carbocycles. The summed E-state index contributed by atoms with van der Waals surface area (Å²) in [6.07, 6.45) is 0. The van der Waals surface area contributed by atoms with Crippen molar-refractivity contribution in [1.29, 1.82) is 0 Å². The summed E-state index contributed by atoms with van der Waals surface area (Å²) in [6.45, 7) is 11.0. The largest absolute Gasteiger partial charge is 0.377 e. The SMILES string of the molecule is CC(C)N1CCOCC2(CN(Cc3ccc(F)cc3)CCO2)C1. The standard InChI is InChI=1S/C18H27FN2O2/c1-15(2)21-8-9-22-14-18(13-21)12-20(7-10-23-18)11-16-3-5-17(19)6-4-16/h3-6,15H,7-14H2,1-2H3. The van der Waals surface area contributed by atoms with Gasteiger partial charge in [0.1, 0.15) is 11.4 Å². The van der Waals surface area contributed by atoms with Crippen molar-refractivity contribution in [3.05, 3.63) is 35.6 Å². The van der Waals surface area contributed by atoms with Crippen LogP contribution in [0.25, 0.3) is 0 Å². The van der Waals surface area contributed by atoms with Gasteiger partial charge in [0.2, 0.25) is 0 Å². The van der Waals surface area contributed by atoms with Crippen molar-refractivity contribution in [3.8, 4) is 0 Å². The zero-order chi connectivity index (χ0) is 16.3. The van der Waals surface area contributed by atoms with E-state index in [1.165, 1.54) is 12.1 Å². The number of halogens is 1. The highest BCUT2D eigenvalue weighted by atomic mass is 19.1. The fraction of sp³-hybridized carbons (Fsp3) is 0.667. The van der Waals surface area contributed by atoms with Gasteiger partial charge in [-0.3, -0.25) is 9.80 Å². The lowest BCUT2D eigenvalue weighted by Crippen LogP contribution is -2.59. The maximum Gasteiger partial charge on any atom is 0.123 e. The van der Waals surface area contributed by atoms with E-state index in [0.29, 0.717) is 12.6 Å². The van der Waals surface area contributed by atoms with Crippen molar-refractivity contribution in [3.63, 3.8) is 0 Å². The van der Waals surface area contributed by atoms with Gasteiger partial charge in [-0.05, 0) is 31.5 Å². The van der Waals surface area contributed by atoms with E-state index < -0.39 is 0 Å². The van der Waals surface area contributed by atoms with Crippen molar-refractivity contribution >= 4 is 0 Å². The Morgan fingerprint density at radius 1 is 1.13 bits per heavy atom. The molecule has 128 valence electrons. The lowest BCUT2D eigenvalue weighted by molar-refractivity contribution is -0.144. The van der Waals surface area contributed by atoms with Crippen LogP contribution in [0.5, 0.6) is 0 Å². The van der Waals surface area contributed by atoms with E-state index in [-0.39, 0.29) is 11.4 Å². The minimum Gasteiger partial charge on any atom is -0.377 e. The minimum absolute atomic E-state index is 0.183. The zero-order valence-corrected chi connectivity index (χ0v) is 14.1. The third-order valence-corrected chi connectivity index (χ3v) is 4.76. The van der Waals surface area contributed by atoms with Crippen LogP contribution in [0, 0.1) is 5.82 Å². The molecule has 0 bridgehead atoms. The average Bonchev–Trinajstić information content (AvgIpc) is 2.73. The molecule has 0 radical (unpaired) electrons. The summed E-state index contributed by atoms with van der Waals surface area (Å²) in [7, 11) is 0. The summed E-state index contributed by atoms with van der Waals surface area (Å²) in [4.78, 5) is 4.83. The summed E-state index contributed by atoms with van der Waals surface area (Å²) in [5.41, 5.74) is 0.887. The summed E-state index contributed by atoms with van der Waals surface area (Å²) in [6, 6.07) is 7.27. The molecule has 0 N–H and O–H groups in total. The molecule has 1 spiro atoms. The molecule has 1 atom stereocenters. The Kier molecular flexibility index (Phi) is 5.31. The summed E-state index contributed by atoms with van der Waals surface area (Å²) >= 11 is 0. The van der Waals surface area contributed by atoms with E-state index >= 15 is 0 Å². The van der Waals surface area contributed by atoms with Crippen LogP contribution in [0.1, 0.15) is 19.4 Å². The highest BCUT2D eigenvalue weighted by Crippen LogP contribution is 2.24. The predicted molar refractivity (Wildman–Crippen MR) is 87.9 cm³/mol. The third kappa shape index (κ3) is 4.29. The molecule has 4 nitrogen and oxygen atoms in total. The summed E-state index contributed by atoms with van der Waals surface area (Å²) in [5.74, 6) is -0.183. The van der Waals surface area contributed by atoms with Crippen LogP contribution < -0.4 is 0 Å². The number of nitrogens with zero attached hydrogens (tertiary/aromatic N) is 2. The van der Waals surface area contributed by atoms with Gasteiger partial charge in [-0.1, -0.05) is 12.1 Å². The minimum atomic E-state index is -0.251. The normalized spacial score (nSPS) is 27.5. The molecule has 1 aromatic rings. The van der Waals surface area contributed by atoms with E-state index in [9.17, 15) is 4.39 Å². The first-order chi connectivity index (χ1) is 11.1. The second-order valence-corrected chi connectivity index (χ2v) is 6.99. The van der Waals surface area contributed by atoms with Crippen LogP contribution in [0.15, 0.2) is 24.3 Å². The van der Waals surface area contributed by atoms with Gasteiger partial charge in [-0.2, -0.15) is 0 Å². The van der Waals surface area contributed by atoms with Gasteiger partial charge in [-0.15, -0.1) is 0 Å². The van der Waals surface area contributed by atoms with Gasteiger partial charge in [0.25, 0.3) is 0 Å². The van der Waals surface area contributed by atoms with Crippen molar-refractivity contribution in [2.45, 2.75) is 32.0 Å². The number of hydrogen-bond acceptors (Lipinski definition) is 4. The molecule has 0 aliphatic carbocycles. The van der Waals surface area contributed by atoms with Crippen LogP contribution in [0.4, 0.5) is 4.39 Å². The number of hydrogen-bond donors (Lipinski definition) is 0. The molecule has 2 aliphatic rings. The van der Waals surface area contributed by atoms with E-state index in [2.05, 4.69) is 23.6 Å². The summed E-state index contributed by atoms with van der Waals surface area (Å²) in [5, 5.41) is 0. The second-order valence-electron chi connectivity index (χ2n) is 6.99. The number of rotatable bonds is 3. The van der Waals surface area contributed by atoms with Crippen LogP contribution in [0.3, 0.4) is 0 Å². The number of morpholine rings is 1. The van der Waals surface area contributed by atoms with Gasteiger partial charge >= 0.3 is 0 Å². The Bertz CT molecular complexity index is 508. The Morgan fingerprint density at radius 3 is 2.65 bits per heavy atom. The molecular weight excluding hydrogens is 295 g/mol. The Balaban J connectivity index is 1.67. The Hall–Kier alpha value is -1.01. The highest BCUT2D eigenvalue weighted by molar-refractivity contribution is 5.16. The first-order valence-corrected chi connectivity index (χ1v) is 8.49. The van der Waals surface area contributed by atoms with Crippen LogP contribution in [0.2, 0.25) is 0 Å². The van der Waals surface area contributed by atoms with E-state index in [0.717, 1.165) is 51.5 Å². The highest BCUT2D eigenvalue weighted by Gasteiger charge is 2.40. The Morgan fingerprint density at radius 2 is 1.91 bits per heavy atom. The second kappa shape index (κ2) is 7.26. The topological polar surface area (TPSA) is 24.9 Å². The molecular formula is C18H27FN2O2. The van der Waals surface area contributed by atoms with Gasteiger partial charge in [0.05, 0.1) is 19.8 Å². The number of ether oxygens (including phenoxy) is 2. The monoisotopic (exact) mass is 322 g/mol. The molecule has 2 aliphatic heterocycles. The number of benzene rings is 1. The molecule has 0 amide bonds. The fourth-order valence-electron chi connectivity index (χ4n) is 3.46. The first kappa shape index (κ1) is 16.8. The quantitative estimate of drug-likeness (QED) is 0.851. The van der Waals surface area contributed by atoms with E-state index in [4.69, 9.17) is 9.47 Å². The maximum atomic E-state index is 13.1. The fourth-order valence-corrected chi connectivity index (χ4v) is 3.46. The van der Waals surface area contributed by atoms with Gasteiger partial charge in [0, 0.05) is 38.8 Å². The Labute approximate surface area is 138 Å². The molecule has 1 unspecified atom stereocenters. The predicted octanol–water partition coefficient (Wildman–Crippen LogP) is 2.14. The van der Waals surface area contributed by atoms with Crippen molar-refractivity contribution < 1.29 is 13.9 Å². The molecule has 3 rings (SSSR count). The van der Waals surface area contributed by atoms with Crippen molar-refractivity contribution in [1.82, 2.24) is 9.80 Å². The third-order valence-electron chi connectivity index (χ3n) is 4.76. The lowest BCUT2D eigenvalue weighted by Gasteiger charge is -2.44. The maximum absolute atomic E-state index is 13.1. The van der Waals surface area contributed by atoms with Crippen molar-refractivity contribution in [2.24, 2.45) is 0 Å². The summed E-state index contributed by atoms with van der Waals surface area (Å²) < 4.78 is 25.1. The average molecular weight is 322 g/mol. The van der Waals surface area contributed by atoms with Crippen molar-refractivity contribution in [2.75, 3.05) is 46.0 Å². The zero-order valence-electron chi connectivity index (χ0n) is 14.1. The molecule has 2 heterocycles. The molecule has 2 saturated heterocycles. The molecule has 2 fully saturated rings. The lowest BCUT2D eigenvalue weighted by atomic mass is 10.0. The van der Waals surface area contributed by atoms with Gasteiger partial charge in [-0.25, -0.2) is 4.39 Å². The van der Waals surface area contributed by atoms with Crippen LogP contribution in [-0.4, -0.2) is 67.4 Å². The van der Waals surface area contributed by atoms with E-state index in [1.807, 2.05) is 12.1 Å². The molecule has 0 aromatic heterocycles. The smallest absolute Gasteiger partial charge is 0.123 e. The molecule has 23 heavy (non-hydrogen) atoms. The van der Waals surface area contributed by atoms with Crippen LogP contribution >= 0.6 is 0 Å². The van der Waals surface area contributed by atoms with Gasteiger partial charge < -0.3 is 9.47 Å². The first-order valence-electron chi connectivity index (χ1n) is 8.49. The van der Waals surface area contributed by atoms with E-state index in [1.54, 1.807) is 0 Å². The van der Waals surface area contributed by atoms with Gasteiger partial charge in [0.15, 0.2) is 0 Å². The van der Waals surface area contributed by atoms with Crippen LogP contribution in [-0.2, 0) is 16.0 Å².